The van der Waals surface area contributed by atoms with Crippen LogP contribution in [-0.2, 0) is 0 Å². The Balaban J connectivity index is 0.00000144. The average Bonchev–Trinajstić information content (AvgIpc) is 2.80. The second-order valence-electron chi connectivity index (χ2n) is 4.75. The Morgan fingerprint density at radius 2 is 2.47 bits per heavy atom. The molecule has 3 nitrogen and oxygen atoms in total. The van der Waals surface area contributed by atoms with Crippen LogP contribution < -0.4 is 10.6 Å². The fourth-order valence-corrected chi connectivity index (χ4v) is 2.70. The van der Waals surface area contributed by atoms with Crippen molar-refractivity contribution in [2.75, 3.05) is 19.6 Å². The number of thiophene rings is 1. The van der Waals surface area contributed by atoms with Gasteiger partial charge in [-0.1, -0.05) is 13.0 Å². The smallest absolute Gasteiger partial charge is 0.261 e. The summed E-state index contributed by atoms with van der Waals surface area (Å²) in [7, 11) is 0. The van der Waals surface area contributed by atoms with E-state index in [0.717, 1.165) is 24.5 Å². The van der Waals surface area contributed by atoms with Gasteiger partial charge in [0.25, 0.3) is 5.91 Å². The van der Waals surface area contributed by atoms with E-state index in [0.29, 0.717) is 0 Å². The van der Waals surface area contributed by atoms with Gasteiger partial charge in [0.1, 0.15) is 0 Å². The van der Waals surface area contributed by atoms with Gasteiger partial charge in [-0.05, 0) is 36.2 Å². The maximum Gasteiger partial charge on any atom is 0.261 e. The van der Waals surface area contributed by atoms with E-state index in [1.165, 1.54) is 24.2 Å². The highest BCUT2D eigenvalue weighted by atomic mass is 35.5. The van der Waals surface area contributed by atoms with Crippen LogP contribution in [0.15, 0.2) is 17.5 Å². The number of piperidine rings is 1. The lowest BCUT2D eigenvalue weighted by Crippen LogP contribution is -2.45. The molecule has 1 fully saturated rings. The van der Waals surface area contributed by atoms with Crippen LogP contribution in [0.5, 0.6) is 0 Å². The Labute approximate surface area is 112 Å². The molecular formula is C12H19ClN2OS. The molecule has 2 rings (SSSR count). The van der Waals surface area contributed by atoms with Gasteiger partial charge in [-0.3, -0.25) is 4.79 Å². The van der Waals surface area contributed by atoms with Gasteiger partial charge in [0, 0.05) is 13.1 Å². The third kappa shape index (κ3) is 3.98. The maximum atomic E-state index is 11.8. The van der Waals surface area contributed by atoms with Crippen molar-refractivity contribution < 1.29 is 4.79 Å². The molecule has 17 heavy (non-hydrogen) atoms. The Bertz CT molecular complexity index is 347. The molecule has 1 aromatic heterocycles. The van der Waals surface area contributed by atoms with Gasteiger partial charge in [-0.25, -0.2) is 0 Å². The summed E-state index contributed by atoms with van der Waals surface area (Å²) in [6.07, 6.45) is 2.39. The van der Waals surface area contributed by atoms with Crippen molar-refractivity contribution in [2.45, 2.75) is 19.8 Å². The zero-order valence-corrected chi connectivity index (χ0v) is 11.6. The minimum absolute atomic E-state index is 0. The first-order valence-corrected chi connectivity index (χ1v) is 6.60. The largest absolute Gasteiger partial charge is 0.351 e. The van der Waals surface area contributed by atoms with Crippen molar-refractivity contribution in [1.82, 2.24) is 10.6 Å². The molecule has 5 heteroatoms. The van der Waals surface area contributed by atoms with Gasteiger partial charge in [-0.2, -0.15) is 0 Å². The van der Waals surface area contributed by atoms with Crippen LogP contribution in [0.4, 0.5) is 0 Å². The molecule has 2 N–H and O–H groups in total. The normalized spacial score (nSPS) is 23.8. The predicted octanol–water partition coefficient (Wildman–Crippen LogP) is 2.29. The summed E-state index contributed by atoms with van der Waals surface area (Å²) in [6.45, 7) is 5.09. The Kier molecular flexibility index (Phi) is 5.43. The van der Waals surface area contributed by atoms with Crippen molar-refractivity contribution in [2.24, 2.45) is 5.41 Å². The number of hydrogen-bond donors (Lipinski definition) is 2. The summed E-state index contributed by atoms with van der Waals surface area (Å²) in [6, 6.07) is 3.77. The lowest BCUT2D eigenvalue weighted by molar-refractivity contribution is 0.0929. The molecule has 2 heterocycles. The summed E-state index contributed by atoms with van der Waals surface area (Å²) < 4.78 is 0. The number of carbonyl (C=O) groups is 1. The van der Waals surface area contributed by atoms with E-state index < -0.39 is 0 Å². The molecule has 0 aliphatic carbocycles. The molecule has 0 aromatic carbocycles. The molecule has 0 radical (unpaired) electrons. The van der Waals surface area contributed by atoms with Gasteiger partial charge in [-0.15, -0.1) is 23.7 Å². The number of amides is 1. The zero-order valence-electron chi connectivity index (χ0n) is 9.99. The Morgan fingerprint density at radius 1 is 1.65 bits per heavy atom. The Hall–Kier alpha value is -0.580. The van der Waals surface area contributed by atoms with Gasteiger partial charge < -0.3 is 10.6 Å². The minimum Gasteiger partial charge on any atom is -0.351 e. The van der Waals surface area contributed by atoms with Crippen molar-refractivity contribution in [1.29, 1.82) is 0 Å². The zero-order chi connectivity index (χ0) is 11.4. The van der Waals surface area contributed by atoms with Gasteiger partial charge in [0.15, 0.2) is 0 Å². The second-order valence-corrected chi connectivity index (χ2v) is 5.70. The lowest BCUT2D eigenvalue weighted by atomic mass is 9.83. The fourth-order valence-electron chi connectivity index (χ4n) is 2.06. The molecule has 96 valence electrons. The summed E-state index contributed by atoms with van der Waals surface area (Å²) in [4.78, 5) is 12.6. The monoisotopic (exact) mass is 274 g/mol. The van der Waals surface area contributed by atoms with Crippen LogP contribution in [0.3, 0.4) is 0 Å². The van der Waals surface area contributed by atoms with E-state index in [2.05, 4.69) is 17.6 Å². The number of carbonyl (C=O) groups excluding carboxylic acids is 1. The van der Waals surface area contributed by atoms with E-state index in [1.54, 1.807) is 0 Å². The van der Waals surface area contributed by atoms with Crippen molar-refractivity contribution in [3.05, 3.63) is 22.4 Å². The summed E-state index contributed by atoms with van der Waals surface area (Å²) in [5.74, 6) is 0.0572. The van der Waals surface area contributed by atoms with Gasteiger partial charge in [0.05, 0.1) is 4.88 Å². The molecule has 1 atom stereocenters. The van der Waals surface area contributed by atoms with E-state index in [-0.39, 0.29) is 23.7 Å². The van der Waals surface area contributed by atoms with Crippen LogP contribution in [0.2, 0.25) is 0 Å². The first-order valence-electron chi connectivity index (χ1n) is 5.72. The first-order chi connectivity index (χ1) is 7.70. The van der Waals surface area contributed by atoms with Crippen LogP contribution in [0.25, 0.3) is 0 Å². The second kappa shape index (κ2) is 6.38. The molecule has 1 aliphatic rings. The highest BCUT2D eigenvalue weighted by Crippen LogP contribution is 2.24. The lowest BCUT2D eigenvalue weighted by Gasteiger charge is -2.34. The molecular weight excluding hydrogens is 256 g/mol. The highest BCUT2D eigenvalue weighted by molar-refractivity contribution is 7.12. The Morgan fingerprint density at radius 3 is 3.06 bits per heavy atom. The topological polar surface area (TPSA) is 41.1 Å². The molecule has 0 saturated carbocycles. The number of halogens is 1. The summed E-state index contributed by atoms with van der Waals surface area (Å²) in [5.41, 5.74) is 0.213. The standard InChI is InChI=1S/C12H18N2OS.ClH/c1-12(5-3-6-13-8-12)9-14-11(15)10-4-2-7-16-10;/h2,4,7,13H,3,5-6,8-9H2,1H3,(H,14,15);1H. The number of hydrogen-bond acceptors (Lipinski definition) is 3. The molecule has 0 spiro atoms. The molecule has 1 saturated heterocycles. The van der Waals surface area contributed by atoms with E-state index in [4.69, 9.17) is 0 Å². The van der Waals surface area contributed by atoms with Crippen molar-refractivity contribution >= 4 is 29.7 Å². The predicted molar refractivity (Wildman–Crippen MR) is 74.1 cm³/mol. The number of nitrogens with one attached hydrogen (secondary N) is 2. The first kappa shape index (κ1) is 14.5. The summed E-state index contributed by atoms with van der Waals surface area (Å²) >= 11 is 1.49. The van der Waals surface area contributed by atoms with Crippen LogP contribution >= 0.6 is 23.7 Å². The van der Waals surface area contributed by atoms with Crippen LogP contribution in [0, 0.1) is 5.41 Å². The SMILES string of the molecule is CC1(CNC(=O)c2cccs2)CCCNC1.Cl. The highest BCUT2D eigenvalue weighted by Gasteiger charge is 2.27. The molecule has 0 bridgehead atoms. The maximum absolute atomic E-state index is 11.8. The molecule has 1 aliphatic heterocycles. The third-order valence-corrected chi connectivity index (χ3v) is 3.97. The minimum atomic E-state index is 0. The molecule has 1 unspecified atom stereocenters. The van der Waals surface area contributed by atoms with Gasteiger partial charge in [0.2, 0.25) is 0 Å². The number of rotatable bonds is 3. The molecule has 1 aromatic rings. The van der Waals surface area contributed by atoms with E-state index in [1.807, 2.05) is 17.5 Å². The van der Waals surface area contributed by atoms with Crippen LogP contribution in [-0.4, -0.2) is 25.5 Å². The quantitative estimate of drug-likeness (QED) is 0.888. The third-order valence-electron chi connectivity index (χ3n) is 3.11. The van der Waals surface area contributed by atoms with E-state index in [9.17, 15) is 4.79 Å². The van der Waals surface area contributed by atoms with Crippen molar-refractivity contribution in [3.8, 4) is 0 Å². The van der Waals surface area contributed by atoms with Crippen LogP contribution in [0.1, 0.15) is 29.4 Å². The fraction of sp³-hybridized carbons (Fsp3) is 0.583. The van der Waals surface area contributed by atoms with Gasteiger partial charge >= 0.3 is 0 Å². The average molecular weight is 275 g/mol. The summed E-state index contributed by atoms with van der Waals surface area (Å²) in [5, 5.41) is 8.34. The van der Waals surface area contributed by atoms with Crippen molar-refractivity contribution in [3.63, 3.8) is 0 Å². The molecule has 1 amide bonds. The van der Waals surface area contributed by atoms with E-state index >= 15 is 0 Å².